The lowest BCUT2D eigenvalue weighted by Gasteiger charge is -2.08. The maximum atomic E-state index is 11.5. The van der Waals surface area contributed by atoms with Crippen LogP contribution in [0.5, 0.6) is 0 Å². The van der Waals surface area contributed by atoms with Gasteiger partial charge in [0.2, 0.25) is 0 Å². The predicted octanol–water partition coefficient (Wildman–Crippen LogP) is 1.73. The molecule has 0 unspecified atom stereocenters. The van der Waals surface area contributed by atoms with Gasteiger partial charge in [0.25, 0.3) is 5.91 Å². The predicted molar refractivity (Wildman–Crippen MR) is 62.4 cm³/mol. The second-order valence-electron chi connectivity index (χ2n) is 3.22. The highest BCUT2D eigenvalue weighted by Gasteiger charge is 2.10. The van der Waals surface area contributed by atoms with Gasteiger partial charge in [0.1, 0.15) is 5.69 Å². The maximum Gasteiger partial charge on any atom is 0.282 e. The largest absolute Gasteiger partial charge is 0.312 e. The monoisotopic (exact) mass is 235 g/mol. The van der Waals surface area contributed by atoms with E-state index in [2.05, 4.69) is 5.43 Å². The Morgan fingerprint density at radius 2 is 2.12 bits per heavy atom. The Bertz CT molecular complexity index is 521. The van der Waals surface area contributed by atoms with Crippen molar-refractivity contribution in [1.82, 2.24) is 9.99 Å². The molecule has 0 atom stereocenters. The minimum Gasteiger partial charge on any atom is -0.312 e. The van der Waals surface area contributed by atoms with E-state index in [1.54, 1.807) is 35.0 Å². The summed E-state index contributed by atoms with van der Waals surface area (Å²) in [6.45, 7) is 0. The Hall–Kier alpha value is -1.78. The van der Waals surface area contributed by atoms with Gasteiger partial charge in [-0.1, -0.05) is 17.7 Å². The molecule has 2 aromatic rings. The van der Waals surface area contributed by atoms with E-state index in [4.69, 9.17) is 17.4 Å². The zero-order valence-electron chi connectivity index (χ0n) is 8.35. The number of hydrogen-bond donors (Lipinski definition) is 2. The molecule has 0 aliphatic heterocycles. The fourth-order valence-electron chi connectivity index (χ4n) is 1.49. The summed E-state index contributed by atoms with van der Waals surface area (Å²) in [6, 6.07) is 10.7. The molecule has 16 heavy (non-hydrogen) atoms. The standard InChI is InChI=1S/C11H10ClN3O/c12-8-3-1-4-9(7-8)15-6-2-5-10(15)11(16)14-13/h1-7H,13H2,(H,14,16). The number of aromatic nitrogens is 1. The molecule has 0 radical (unpaired) electrons. The van der Waals surface area contributed by atoms with Crippen molar-refractivity contribution in [2.24, 2.45) is 5.84 Å². The number of nitrogens with one attached hydrogen (secondary N) is 1. The number of carbonyl (C=O) groups excluding carboxylic acids is 1. The molecule has 0 spiro atoms. The molecule has 2 rings (SSSR count). The highest BCUT2D eigenvalue weighted by Crippen LogP contribution is 2.17. The molecule has 82 valence electrons. The van der Waals surface area contributed by atoms with Crippen LogP contribution in [0.25, 0.3) is 5.69 Å². The first-order chi connectivity index (χ1) is 7.72. The third-order valence-corrected chi connectivity index (χ3v) is 2.43. The number of carbonyl (C=O) groups is 1. The SMILES string of the molecule is NNC(=O)c1cccn1-c1cccc(Cl)c1. The Morgan fingerprint density at radius 3 is 2.81 bits per heavy atom. The van der Waals surface area contributed by atoms with Crippen molar-refractivity contribution in [1.29, 1.82) is 0 Å². The van der Waals surface area contributed by atoms with Crippen molar-refractivity contribution in [2.75, 3.05) is 0 Å². The number of nitrogen functional groups attached to an aromatic ring is 1. The molecule has 5 heteroatoms. The molecular formula is C11H10ClN3O. The summed E-state index contributed by atoms with van der Waals surface area (Å²) in [6.07, 6.45) is 1.77. The van der Waals surface area contributed by atoms with Gasteiger partial charge in [0.15, 0.2) is 0 Å². The fraction of sp³-hybridized carbons (Fsp3) is 0. The molecule has 0 saturated heterocycles. The van der Waals surface area contributed by atoms with Crippen LogP contribution in [-0.4, -0.2) is 10.5 Å². The van der Waals surface area contributed by atoms with Crippen molar-refractivity contribution in [2.45, 2.75) is 0 Å². The maximum absolute atomic E-state index is 11.5. The number of nitrogens with two attached hydrogens (primary N) is 1. The van der Waals surface area contributed by atoms with Gasteiger partial charge in [0.05, 0.1) is 0 Å². The van der Waals surface area contributed by atoms with Gasteiger partial charge in [-0.05, 0) is 30.3 Å². The highest BCUT2D eigenvalue weighted by atomic mass is 35.5. The number of hydrazine groups is 1. The quantitative estimate of drug-likeness (QED) is 0.473. The van der Waals surface area contributed by atoms with Crippen molar-refractivity contribution >= 4 is 17.5 Å². The lowest BCUT2D eigenvalue weighted by atomic mass is 10.3. The minimum atomic E-state index is -0.343. The summed E-state index contributed by atoms with van der Waals surface area (Å²) in [5.74, 6) is 4.76. The van der Waals surface area contributed by atoms with E-state index in [1.165, 1.54) is 0 Å². The smallest absolute Gasteiger partial charge is 0.282 e. The Labute approximate surface area is 97.6 Å². The van der Waals surface area contributed by atoms with Gasteiger partial charge in [-0.2, -0.15) is 0 Å². The van der Waals surface area contributed by atoms with Crippen LogP contribution in [0.15, 0.2) is 42.6 Å². The first-order valence-electron chi connectivity index (χ1n) is 4.66. The van der Waals surface area contributed by atoms with E-state index >= 15 is 0 Å². The summed E-state index contributed by atoms with van der Waals surface area (Å²) in [7, 11) is 0. The molecule has 0 aliphatic carbocycles. The number of rotatable bonds is 2. The Kier molecular flexibility index (Phi) is 2.94. The third-order valence-electron chi connectivity index (χ3n) is 2.20. The van der Waals surface area contributed by atoms with E-state index in [1.807, 2.05) is 12.1 Å². The molecule has 1 amide bonds. The lowest BCUT2D eigenvalue weighted by Crippen LogP contribution is -2.31. The summed E-state index contributed by atoms with van der Waals surface area (Å²) in [5, 5.41) is 0.616. The van der Waals surface area contributed by atoms with Crippen LogP contribution in [0.1, 0.15) is 10.5 Å². The number of hydrogen-bond acceptors (Lipinski definition) is 2. The first-order valence-corrected chi connectivity index (χ1v) is 5.04. The molecule has 1 aromatic carbocycles. The Balaban J connectivity index is 2.48. The average molecular weight is 236 g/mol. The molecule has 0 bridgehead atoms. The van der Waals surface area contributed by atoms with E-state index in [-0.39, 0.29) is 5.91 Å². The van der Waals surface area contributed by atoms with Crippen molar-refractivity contribution in [3.63, 3.8) is 0 Å². The van der Waals surface area contributed by atoms with E-state index in [0.717, 1.165) is 5.69 Å². The fourth-order valence-corrected chi connectivity index (χ4v) is 1.68. The van der Waals surface area contributed by atoms with Crippen LogP contribution in [0.3, 0.4) is 0 Å². The minimum absolute atomic E-state index is 0.343. The zero-order valence-corrected chi connectivity index (χ0v) is 9.11. The molecule has 1 heterocycles. The van der Waals surface area contributed by atoms with Gasteiger partial charge in [-0.25, -0.2) is 5.84 Å². The lowest BCUT2D eigenvalue weighted by molar-refractivity contribution is 0.0947. The second-order valence-corrected chi connectivity index (χ2v) is 3.65. The zero-order chi connectivity index (χ0) is 11.5. The van der Waals surface area contributed by atoms with E-state index < -0.39 is 0 Å². The topological polar surface area (TPSA) is 60.0 Å². The van der Waals surface area contributed by atoms with Gasteiger partial charge in [0, 0.05) is 16.9 Å². The summed E-state index contributed by atoms with van der Waals surface area (Å²) in [4.78, 5) is 11.5. The highest BCUT2D eigenvalue weighted by molar-refractivity contribution is 6.30. The molecule has 4 nitrogen and oxygen atoms in total. The number of amides is 1. The van der Waals surface area contributed by atoms with Crippen LogP contribution in [0, 0.1) is 0 Å². The number of benzene rings is 1. The molecule has 0 aliphatic rings. The van der Waals surface area contributed by atoms with Crippen molar-refractivity contribution in [3.8, 4) is 5.69 Å². The number of nitrogens with zero attached hydrogens (tertiary/aromatic N) is 1. The number of halogens is 1. The third kappa shape index (κ3) is 1.93. The molecule has 1 aromatic heterocycles. The van der Waals surface area contributed by atoms with Gasteiger partial charge >= 0.3 is 0 Å². The molecule has 0 fully saturated rings. The Morgan fingerprint density at radius 1 is 1.31 bits per heavy atom. The van der Waals surface area contributed by atoms with Crippen molar-refractivity contribution in [3.05, 3.63) is 53.3 Å². The first kappa shape index (κ1) is 10.7. The van der Waals surface area contributed by atoms with Crippen LogP contribution in [0.2, 0.25) is 5.02 Å². The van der Waals surface area contributed by atoms with Crippen LogP contribution >= 0.6 is 11.6 Å². The molecule has 3 N–H and O–H groups in total. The van der Waals surface area contributed by atoms with Crippen molar-refractivity contribution < 1.29 is 4.79 Å². The second kappa shape index (κ2) is 4.38. The normalized spacial score (nSPS) is 10.1. The molecule has 0 saturated carbocycles. The van der Waals surface area contributed by atoms with E-state index in [9.17, 15) is 4.79 Å². The van der Waals surface area contributed by atoms with Gasteiger partial charge in [-0.15, -0.1) is 0 Å². The van der Waals surface area contributed by atoms with E-state index in [0.29, 0.717) is 10.7 Å². The van der Waals surface area contributed by atoms with Gasteiger partial charge in [-0.3, -0.25) is 10.2 Å². The van der Waals surface area contributed by atoms with Gasteiger partial charge < -0.3 is 4.57 Å². The van der Waals surface area contributed by atoms with Crippen LogP contribution < -0.4 is 11.3 Å². The summed E-state index contributed by atoms with van der Waals surface area (Å²) < 4.78 is 1.72. The summed E-state index contributed by atoms with van der Waals surface area (Å²) in [5.41, 5.74) is 3.38. The van der Waals surface area contributed by atoms with Crippen LogP contribution in [-0.2, 0) is 0 Å². The average Bonchev–Trinajstić information content (AvgIpc) is 2.77. The van der Waals surface area contributed by atoms with Crippen LogP contribution in [0.4, 0.5) is 0 Å². The summed E-state index contributed by atoms with van der Waals surface area (Å²) >= 11 is 5.89. The molecular weight excluding hydrogens is 226 g/mol.